The normalized spacial score (nSPS) is 10.7. The summed E-state index contributed by atoms with van der Waals surface area (Å²) in [7, 11) is 0. The van der Waals surface area contributed by atoms with Crippen LogP contribution in [0.3, 0.4) is 0 Å². The van der Waals surface area contributed by atoms with Gasteiger partial charge in [-0.1, -0.05) is 41.9 Å². The number of ether oxygens (including phenoxy) is 1. The Balaban J connectivity index is 1.98. The quantitative estimate of drug-likeness (QED) is 0.832. The third kappa shape index (κ3) is 4.93. The molecule has 0 amide bonds. The monoisotopic (exact) mass is 303 g/mol. The number of rotatable bonds is 6. The van der Waals surface area contributed by atoms with Gasteiger partial charge in [-0.25, -0.2) is 4.79 Å². The Kier molecular flexibility index (Phi) is 5.35. The third-order valence-electron chi connectivity index (χ3n) is 2.66. The molecule has 0 spiro atoms. The van der Waals surface area contributed by atoms with E-state index in [1.54, 1.807) is 24.4 Å². The molecule has 0 aliphatic carbocycles. The Morgan fingerprint density at radius 1 is 1.24 bits per heavy atom. The summed E-state index contributed by atoms with van der Waals surface area (Å²) < 4.78 is 5.05. The van der Waals surface area contributed by atoms with E-state index in [2.05, 4.69) is 4.99 Å². The highest BCUT2D eigenvalue weighted by Crippen LogP contribution is 2.24. The van der Waals surface area contributed by atoms with E-state index in [9.17, 15) is 4.79 Å². The Labute approximate surface area is 127 Å². The number of hydrogen-bond donors (Lipinski definition) is 1. The molecule has 0 aromatic heterocycles. The Morgan fingerprint density at radius 3 is 2.67 bits per heavy atom. The van der Waals surface area contributed by atoms with E-state index >= 15 is 0 Å². The van der Waals surface area contributed by atoms with Crippen LogP contribution in [-0.4, -0.2) is 23.9 Å². The molecule has 0 unspecified atom stereocenters. The fraction of sp³-hybridized carbons (Fsp3) is 0.125. The van der Waals surface area contributed by atoms with Gasteiger partial charge < -0.3 is 9.84 Å². The second-order valence-corrected chi connectivity index (χ2v) is 4.73. The van der Waals surface area contributed by atoms with E-state index in [1.807, 2.05) is 30.3 Å². The molecule has 21 heavy (non-hydrogen) atoms. The minimum Gasteiger partial charge on any atom is -0.480 e. The van der Waals surface area contributed by atoms with Crippen molar-refractivity contribution in [3.63, 3.8) is 0 Å². The first kappa shape index (κ1) is 15.1. The molecule has 0 bridgehead atoms. The largest absolute Gasteiger partial charge is 0.480 e. The molecule has 4 nitrogen and oxygen atoms in total. The maximum absolute atomic E-state index is 10.4. The second-order valence-electron chi connectivity index (χ2n) is 4.33. The summed E-state index contributed by atoms with van der Waals surface area (Å²) in [5, 5.41) is 8.92. The standard InChI is InChI=1S/C16H14ClNO3/c17-14-8-13(6-7-15(14)21-11-16(19)20)10-18-9-12-4-2-1-3-5-12/h1-8,10H,9,11H2,(H,19,20). The van der Waals surface area contributed by atoms with Crippen LogP contribution >= 0.6 is 11.6 Å². The number of hydrogen-bond acceptors (Lipinski definition) is 3. The van der Waals surface area contributed by atoms with Crippen LogP contribution in [0.1, 0.15) is 11.1 Å². The maximum atomic E-state index is 10.4. The molecular formula is C16H14ClNO3. The first-order valence-corrected chi connectivity index (χ1v) is 6.71. The number of aliphatic carboxylic acids is 1. The topological polar surface area (TPSA) is 58.9 Å². The summed E-state index contributed by atoms with van der Waals surface area (Å²) in [6.45, 7) is 0.177. The predicted octanol–water partition coefficient (Wildman–Crippen LogP) is 3.42. The highest BCUT2D eigenvalue weighted by atomic mass is 35.5. The van der Waals surface area contributed by atoms with Crippen molar-refractivity contribution >= 4 is 23.8 Å². The van der Waals surface area contributed by atoms with Gasteiger partial charge in [0, 0.05) is 6.21 Å². The van der Waals surface area contributed by atoms with E-state index in [1.165, 1.54) is 0 Å². The Bertz CT molecular complexity index is 641. The molecule has 0 saturated heterocycles. The lowest BCUT2D eigenvalue weighted by atomic mass is 10.2. The molecule has 5 heteroatoms. The number of carbonyl (C=O) groups is 1. The molecule has 2 aromatic rings. The number of aliphatic imine (C=N–C) groups is 1. The zero-order chi connectivity index (χ0) is 15.1. The average Bonchev–Trinajstić information content (AvgIpc) is 2.47. The molecule has 0 radical (unpaired) electrons. The molecule has 108 valence electrons. The van der Waals surface area contributed by atoms with Crippen molar-refractivity contribution in [2.24, 2.45) is 4.99 Å². The predicted molar refractivity (Wildman–Crippen MR) is 82.3 cm³/mol. The van der Waals surface area contributed by atoms with Crippen LogP contribution in [0.5, 0.6) is 5.75 Å². The Morgan fingerprint density at radius 2 is 2.00 bits per heavy atom. The van der Waals surface area contributed by atoms with E-state index in [0.29, 0.717) is 17.3 Å². The van der Waals surface area contributed by atoms with Crippen LogP contribution in [-0.2, 0) is 11.3 Å². The van der Waals surface area contributed by atoms with Gasteiger partial charge in [0.15, 0.2) is 6.61 Å². The van der Waals surface area contributed by atoms with Crippen LogP contribution < -0.4 is 4.74 Å². The molecule has 2 aromatic carbocycles. The fourth-order valence-corrected chi connectivity index (χ4v) is 1.94. The summed E-state index contributed by atoms with van der Waals surface area (Å²) in [5.74, 6) is -0.696. The van der Waals surface area contributed by atoms with Crippen molar-refractivity contribution in [2.75, 3.05) is 6.61 Å². The van der Waals surface area contributed by atoms with Crippen LogP contribution in [0.2, 0.25) is 5.02 Å². The van der Waals surface area contributed by atoms with Crippen molar-refractivity contribution in [1.82, 2.24) is 0 Å². The van der Waals surface area contributed by atoms with E-state index < -0.39 is 12.6 Å². The van der Waals surface area contributed by atoms with Crippen LogP contribution in [0.4, 0.5) is 0 Å². The number of carboxylic acids is 1. The second kappa shape index (κ2) is 7.45. The number of nitrogens with zero attached hydrogens (tertiary/aromatic N) is 1. The van der Waals surface area contributed by atoms with Crippen molar-refractivity contribution < 1.29 is 14.6 Å². The summed E-state index contributed by atoms with van der Waals surface area (Å²) in [6, 6.07) is 15.0. The summed E-state index contributed by atoms with van der Waals surface area (Å²) in [5.41, 5.74) is 1.96. The van der Waals surface area contributed by atoms with Gasteiger partial charge in [-0.15, -0.1) is 0 Å². The lowest BCUT2D eigenvalue weighted by molar-refractivity contribution is -0.139. The maximum Gasteiger partial charge on any atom is 0.341 e. The van der Waals surface area contributed by atoms with Crippen LogP contribution in [0, 0.1) is 0 Å². The van der Waals surface area contributed by atoms with Crippen molar-refractivity contribution in [3.8, 4) is 5.75 Å². The van der Waals surface area contributed by atoms with Gasteiger partial charge in [-0.3, -0.25) is 4.99 Å². The minimum atomic E-state index is -1.04. The molecule has 1 N–H and O–H groups in total. The number of halogens is 1. The SMILES string of the molecule is O=C(O)COc1ccc(C=NCc2ccccc2)cc1Cl. The van der Waals surface area contributed by atoms with Gasteiger partial charge in [-0.2, -0.15) is 0 Å². The zero-order valence-electron chi connectivity index (χ0n) is 11.2. The van der Waals surface area contributed by atoms with Crippen molar-refractivity contribution in [1.29, 1.82) is 0 Å². The van der Waals surface area contributed by atoms with Gasteiger partial charge in [0.25, 0.3) is 0 Å². The molecule has 0 atom stereocenters. The number of benzene rings is 2. The number of carboxylic acid groups (broad SMARTS) is 1. The van der Waals surface area contributed by atoms with E-state index in [4.69, 9.17) is 21.4 Å². The van der Waals surface area contributed by atoms with Gasteiger partial charge in [0.2, 0.25) is 0 Å². The molecule has 2 rings (SSSR count). The molecular weight excluding hydrogens is 290 g/mol. The van der Waals surface area contributed by atoms with Gasteiger partial charge in [-0.05, 0) is 29.3 Å². The smallest absolute Gasteiger partial charge is 0.341 e. The van der Waals surface area contributed by atoms with Crippen LogP contribution in [0.25, 0.3) is 0 Å². The first-order chi connectivity index (χ1) is 10.1. The van der Waals surface area contributed by atoms with Crippen LogP contribution in [0.15, 0.2) is 53.5 Å². The molecule has 0 heterocycles. The first-order valence-electron chi connectivity index (χ1n) is 6.33. The highest BCUT2D eigenvalue weighted by molar-refractivity contribution is 6.32. The van der Waals surface area contributed by atoms with Gasteiger partial charge in [0.05, 0.1) is 11.6 Å². The summed E-state index contributed by atoms with van der Waals surface area (Å²) in [6.07, 6.45) is 1.72. The van der Waals surface area contributed by atoms with Crippen molar-refractivity contribution in [3.05, 3.63) is 64.7 Å². The molecule has 0 fully saturated rings. The van der Waals surface area contributed by atoms with Crippen molar-refractivity contribution in [2.45, 2.75) is 6.54 Å². The minimum absolute atomic E-state index is 0.347. The average molecular weight is 304 g/mol. The van der Waals surface area contributed by atoms with E-state index in [0.717, 1.165) is 11.1 Å². The lowest BCUT2D eigenvalue weighted by Gasteiger charge is -2.05. The lowest BCUT2D eigenvalue weighted by Crippen LogP contribution is -2.09. The fourth-order valence-electron chi connectivity index (χ4n) is 1.69. The highest BCUT2D eigenvalue weighted by Gasteiger charge is 2.04. The van der Waals surface area contributed by atoms with Gasteiger partial charge in [0.1, 0.15) is 5.75 Å². The molecule has 0 aliphatic heterocycles. The summed E-state index contributed by atoms with van der Waals surface area (Å²) >= 11 is 6.03. The Hall–Kier alpha value is -2.33. The zero-order valence-corrected chi connectivity index (χ0v) is 12.0. The molecule has 0 aliphatic rings. The van der Waals surface area contributed by atoms with E-state index in [-0.39, 0.29) is 0 Å². The third-order valence-corrected chi connectivity index (χ3v) is 2.96. The van der Waals surface area contributed by atoms with Gasteiger partial charge >= 0.3 is 5.97 Å². The summed E-state index contributed by atoms with van der Waals surface area (Å²) in [4.78, 5) is 14.8. The molecule has 0 saturated carbocycles.